The molecule has 0 radical (unpaired) electrons. The van der Waals surface area contributed by atoms with Crippen LogP contribution in [-0.4, -0.2) is 33.7 Å². The van der Waals surface area contributed by atoms with Gasteiger partial charge in [-0.15, -0.1) is 0 Å². The Bertz CT molecular complexity index is 609. The van der Waals surface area contributed by atoms with Crippen molar-refractivity contribution in [1.82, 2.24) is 5.32 Å². The molecule has 0 unspecified atom stereocenters. The van der Waals surface area contributed by atoms with Crippen molar-refractivity contribution in [3.63, 3.8) is 0 Å². The minimum absolute atomic E-state index is 0.0203. The monoisotopic (exact) mass is 313 g/mol. The number of methoxy groups -OCH3 is 1. The molecule has 122 valence electrons. The van der Waals surface area contributed by atoms with Gasteiger partial charge in [-0.25, -0.2) is 0 Å². The van der Waals surface area contributed by atoms with Gasteiger partial charge in [-0.05, 0) is 23.3 Å². The molecule has 0 aromatic heterocycles. The van der Waals surface area contributed by atoms with E-state index < -0.39 is 0 Å². The molecule has 2 aromatic rings. The molecule has 0 aliphatic carbocycles. The van der Waals surface area contributed by atoms with Crippen LogP contribution in [0.5, 0.6) is 5.75 Å². The quantitative estimate of drug-likeness (QED) is 0.808. The molecule has 0 saturated carbocycles. The molecule has 2 N–H and O–H groups in total. The van der Waals surface area contributed by atoms with Crippen LogP contribution in [0.3, 0.4) is 0 Å². The molecular weight excluding hydrogens is 288 g/mol. The van der Waals surface area contributed by atoms with Crippen LogP contribution in [-0.2, 0) is 11.2 Å². The number of ether oxygens (including phenoxy) is 1. The number of nitrogens with one attached hydrogen (secondary N) is 2. The summed E-state index contributed by atoms with van der Waals surface area (Å²) in [6.07, 6.45) is 0.371. The van der Waals surface area contributed by atoms with Gasteiger partial charge in [0, 0.05) is 0 Å². The molecule has 4 nitrogen and oxygen atoms in total. The maximum absolute atomic E-state index is 12.4. The third kappa shape index (κ3) is 5.42. The summed E-state index contributed by atoms with van der Waals surface area (Å²) >= 11 is 0. The smallest absolute Gasteiger partial charge is 0.225 e. The number of quaternary nitrogens is 1. The summed E-state index contributed by atoms with van der Waals surface area (Å²) in [6.45, 7) is 0.846. The highest BCUT2D eigenvalue weighted by atomic mass is 16.5. The zero-order chi connectivity index (χ0) is 16.7. The Morgan fingerprint density at radius 3 is 2.30 bits per heavy atom. The molecule has 0 bridgehead atoms. The molecule has 2 aromatic carbocycles. The van der Waals surface area contributed by atoms with Gasteiger partial charge in [0.2, 0.25) is 5.91 Å². The zero-order valence-electron chi connectivity index (χ0n) is 14.0. The van der Waals surface area contributed by atoms with Gasteiger partial charge in [0.25, 0.3) is 0 Å². The Kier molecular flexibility index (Phi) is 6.18. The Balaban J connectivity index is 2.02. The third-order valence-electron chi connectivity index (χ3n) is 3.67. The second kappa shape index (κ2) is 8.34. The van der Waals surface area contributed by atoms with E-state index in [0.29, 0.717) is 6.42 Å². The van der Waals surface area contributed by atoms with Crippen LogP contribution in [0.4, 0.5) is 0 Å². The highest BCUT2D eigenvalue weighted by Crippen LogP contribution is 2.13. The van der Waals surface area contributed by atoms with Gasteiger partial charge in [-0.3, -0.25) is 4.79 Å². The molecule has 0 aliphatic heterocycles. The van der Waals surface area contributed by atoms with E-state index in [2.05, 4.69) is 31.5 Å². The first-order valence-electron chi connectivity index (χ1n) is 7.84. The Morgan fingerprint density at radius 2 is 1.74 bits per heavy atom. The Morgan fingerprint density at radius 1 is 1.09 bits per heavy atom. The SMILES string of the molecule is COc1ccc(CC(=O)N[C@H](C[NH+](C)C)c2ccccc2)cc1. The lowest BCUT2D eigenvalue weighted by Gasteiger charge is -2.21. The maximum atomic E-state index is 12.4. The van der Waals surface area contributed by atoms with E-state index in [1.54, 1.807) is 7.11 Å². The number of amides is 1. The fourth-order valence-electron chi connectivity index (χ4n) is 2.52. The van der Waals surface area contributed by atoms with Crippen molar-refractivity contribution in [3.05, 3.63) is 65.7 Å². The number of benzene rings is 2. The summed E-state index contributed by atoms with van der Waals surface area (Å²) in [7, 11) is 5.81. The molecule has 0 aliphatic rings. The van der Waals surface area contributed by atoms with Gasteiger partial charge >= 0.3 is 0 Å². The van der Waals surface area contributed by atoms with Gasteiger partial charge in [0.15, 0.2) is 0 Å². The van der Waals surface area contributed by atoms with E-state index in [-0.39, 0.29) is 11.9 Å². The van der Waals surface area contributed by atoms with Crippen LogP contribution in [0.1, 0.15) is 17.2 Å². The maximum Gasteiger partial charge on any atom is 0.225 e. The van der Waals surface area contributed by atoms with Gasteiger partial charge in [-0.1, -0.05) is 42.5 Å². The summed E-state index contributed by atoms with van der Waals surface area (Å²) in [5.41, 5.74) is 2.11. The van der Waals surface area contributed by atoms with Gasteiger partial charge in [-0.2, -0.15) is 0 Å². The average molecular weight is 313 g/mol. The summed E-state index contributed by atoms with van der Waals surface area (Å²) < 4.78 is 5.14. The van der Waals surface area contributed by atoms with E-state index >= 15 is 0 Å². The Labute approximate surface area is 138 Å². The molecule has 0 fully saturated rings. The largest absolute Gasteiger partial charge is 0.497 e. The fourth-order valence-corrected chi connectivity index (χ4v) is 2.52. The van der Waals surface area contributed by atoms with Crippen LogP contribution in [0, 0.1) is 0 Å². The number of likely N-dealkylation sites (N-methyl/N-ethyl adjacent to an activating group) is 1. The van der Waals surface area contributed by atoms with E-state index in [4.69, 9.17) is 4.74 Å². The second-order valence-corrected chi connectivity index (χ2v) is 5.97. The van der Waals surface area contributed by atoms with E-state index in [0.717, 1.165) is 23.4 Å². The number of carbonyl (C=O) groups is 1. The van der Waals surface area contributed by atoms with Crippen molar-refractivity contribution < 1.29 is 14.4 Å². The predicted octanol–water partition coefficient (Wildman–Crippen LogP) is 1.24. The van der Waals surface area contributed by atoms with Gasteiger partial charge < -0.3 is 15.0 Å². The van der Waals surface area contributed by atoms with Crippen LogP contribution in [0.25, 0.3) is 0 Å². The first-order valence-corrected chi connectivity index (χ1v) is 7.84. The lowest BCUT2D eigenvalue weighted by Crippen LogP contribution is -3.06. The average Bonchev–Trinajstić information content (AvgIpc) is 2.55. The van der Waals surface area contributed by atoms with Crippen LogP contribution < -0.4 is 15.0 Å². The molecule has 0 saturated heterocycles. The van der Waals surface area contributed by atoms with Crippen molar-refractivity contribution >= 4 is 5.91 Å². The normalized spacial score (nSPS) is 12.0. The fraction of sp³-hybridized carbons (Fsp3) is 0.316. The summed E-state index contributed by atoms with van der Waals surface area (Å²) in [5, 5.41) is 3.15. The zero-order valence-corrected chi connectivity index (χ0v) is 14.0. The number of rotatable bonds is 7. The van der Waals surface area contributed by atoms with Crippen LogP contribution in [0.2, 0.25) is 0 Å². The molecule has 0 heterocycles. The molecule has 1 atom stereocenters. The summed E-state index contributed by atoms with van der Waals surface area (Å²) in [5.74, 6) is 0.831. The van der Waals surface area contributed by atoms with Crippen LogP contribution >= 0.6 is 0 Å². The third-order valence-corrected chi connectivity index (χ3v) is 3.67. The predicted molar refractivity (Wildman–Crippen MR) is 91.7 cm³/mol. The molecular formula is C19H25N2O2+. The topological polar surface area (TPSA) is 42.8 Å². The van der Waals surface area contributed by atoms with Gasteiger partial charge in [0.05, 0.1) is 27.6 Å². The van der Waals surface area contributed by atoms with Gasteiger partial charge in [0.1, 0.15) is 18.3 Å². The second-order valence-electron chi connectivity index (χ2n) is 5.97. The van der Waals surface area contributed by atoms with Crippen molar-refractivity contribution in [1.29, 1.82) is 0 Å². The van der Waals surface area contributed by atoms with E-state index in [1.807, 2.05) is 42.5 Å². The minimum Gasteiger partial charge on any atom is -0.497 e. The van der Waals surface area contributed by atoms with Crippen molar-refractivity contribution in [3.8, 4) is 5.75 Å². The molecule has 2 rings (SSSR count). The van der Waals surface area contributed by atoms with Crippen LogP contribution in [0.15, 0.2) is 54.6 Å². The molecule has 4 heteroatoms. The highest BCUT2D eigenvalue weighted by Gasteiger charge is 2.17. The summed E-state index contributed by atoms with van der Waals surface area (Å²) in [4.78, 5) is 13.7. The first-order chi connectivity index (χ1) is 11.1. The summed E-state index contributed by atoms with van der Waals surface area (Å²) in [6, 6.07) is 17.7. The standard InChI is InChI=1S/C19H24N2O2/c1-21(2)14-18(16-7-5-4-6-8-16)20-19(22)13-15-9-11-17(23-3)12-10-15/h4-12,18H,13-14H2,1-3H3,(H,20,22)/p+1/t18-/m1/s1. The van der Waals surface area contributed by atoms with Crippen molar-refractivity contribution in [2.24, 2.45) is 0 Å². The molecule has 23 heavy (non-hydrogen) atoms. The van der Waals surface area contributed by atoms with Crippen molar-refractivity contribution in [2.75, 3.05) is 27.7 Å². The lowest BCUT2D eigenvalue weighted by atomic mass is 10.1. The first kappa shape index (κ1) is 17.0. The van der Waals surface area contributed by atoms with E-state index in [1.165, 1.54) is 4.90 Å². The Hall–Kier alpha value is -2.33. The molecule has 1 amide bonds. The number of carbonyl (C=O) groups excluding carboxylic acids is 1. The number of hydrogen-bond acceptors (Lipinski definition) is 2. The van der Waals surface area contributed by atoms with E-state index in [9.17, 15) is 4.79 Å². The van der Waals surface area contributed by atoms with Crippen molar-refractivity contribution in [2.45, 2.75) is 12.5 Å². The minimum atomic E-state index is 0.0203. The lowest BCUT2D eigenvalue weighted by molar-refractivity contribution is -0.860. The highest BCUT2D eigenvalue weighted by molar-refractivity contribution is 5.79. The number of hydrogen-bond donors (Lipinski definition) is 2. The molecule has 0 spiro atoms.